The molecule has 0 aliphatic carbocycles. The molecule has 1 atom stereocenters. The van der Waals surface area contributed by atoms with Crippen LogP contribution in [0.15, 0.2) is 53.4 Å². The summed E-state index contributed by atoms with van der Waals surface area (Å²) in [7, 11) is 0. The minimum absolute atomic E-state index is 0.0126. The van der Waals surface area contributed by atoms with Gasteiger partial charge in [-0.2, -0.15) is 0 Å². The van der Waals surface area contributed by atoms with Gasteiger partial charge in [0.15, 0.2) is 5.25 Å². The number of para-hydroxylation sites is 1. The number of carbonyl (C=O) groups is 3. The molecule has 2 aliphatic rings. The van der Waals surface area contributed by atoms with Crippen LogP contribution in [0.25, 0.3) is 0 Å². The van der Waals surface area contributed by atoms with Gasteiger partial charge in [0.1, 0.15) is 0 Å². The molecule has 7 heteroatoms. The predicted octanol–water partition coefficient (Wildman–Crippen LogP) is 3.29. The third-order valence-electron chi connectivity index (χ3n) is 5.32. The monoisotopic (exact) mass is 409 g/mol. The van der Waals surface area contributed by atoms with Crippen LogP contribution >= 0.6 is 11.8 Å². The maximum absolute atomic E-state index is 12.9. The average molecular weight is 410 g/mol. The van der Waals surface area contributed by atoms with Gasteiger partial charge in [0.25, 0.3) is 0 Å². The predicted molar refractivity (Wildman–Crippen MR) is 114 cm³/mol. The van der Waals surface area contributed by atoms with Gasteiger partial charge in [0, 0.05) is 29.6 Å². The normalized spacial score (nSPS) is 19.3. The topological polar surface area (TPSA) is 78.5 Å². The number of likely N-dealkylation sites (tertiary alicyclic amines) is 1. The zero-order chi connectivity index (χ0) is 20.4. The van der Waals surface area contributed by atoms with E-state index >= 15 is 0 Å². The van der Waals surface area contributed by atoms with E-state index in [-0.39, 0.29) is 23.6 Å². The van der Waals surface area contributed by atoms with Crippen LogP contribution in [0.3, 0.4) is 0 Å². The first-order chi connectivity index (χ1) is 14.0. The molecule has 0 aromatic heterocycles. The van der Waals surface area contributed by atoms with E-state index in [4.69, 9.17) is 0 Å². The lowest BCUT2D eigenvalue weighted by atomic mass is 9.95. The summed E-state index contributed by atoms with van der Waals surface area (Å²) in [6, 6.07) is 15.2. The number of hydrogen-bond donors (Lipinski definition) is 2. The third-order valence-corrected chi connectivity index (χ3v) is 6.58. The number of amides is 3. The second-order valence-corrected chi connectivity index (χ2v) is 8.59. The Labute approximate surface area is 174 Å². The van der Waals surface area contributed by atoms with Crippen LogP contribution in [-0.4, -0.2) is 41.0 Å². The van der Waals surface area contributed by atoms with Gasteiger partial charge in [-0.25, -0.2) is 0 Å². The van der Waals surface area contributed by atoms with E-state index in [9.17, 15) is 14.4 Å². The van der Waals surface area contributed by atoms with Crippen LogP contribution in [0.1, 0.15) is 18.4 Å². The lowest BCUT2D eigenvalue weighted by molar-refractivity contribution is -0.136. The minimum Gasteiger partial charge on any atom is -0.341 e. The number of fused-ring (bicyclic) bond motifs is 1. The van der Waals surface area contributed by atoms with Crippen LogP contribution in [0.4, 0.5) is 11.4 Å². The van der Waals surface area contributed by atoms with Crippen LogP contribution < -0.4 is 10.6 Å². The maximum Gasteiger partial charge on any atom is 0.247 e. The van der Waals surface area contributed by atoms with Gasteiger partial charge in [-0.05, 0) is 49.6 Å². The van der Waals surface area contributed by atoms with Gasteiger partial charge < -0.3 is 15.5 Å². The first-order valence-electron chi connectivity index (χ1n) is 9.74. The van der Waals surface area contributed by atoms with Gasteiger partial charge in [0.2, 0.25) is 17.7 Å². The van der Waals surface area contributed by atoms with Gasteiger partial charge in [-0.3, -0.25) is 14.4 Å². The fourth-order valence-corrected chi connectivity index (χ4v) is 4.78. The van der Waals surface area contributed by atoms with Crippen molar-refractivity contribution in [3.05, 3.63) is 54.1 Å². The molecular weight excluding hydrogens is 386 g/mol. The number of anilines is 2. The highest BCUT2D eigenvalue weighted by Gasteiger charge is 2.37. The highest BCUT2D eigenvalue weighted by molar-refractivity contribution is 8.01. The quantitative estimate of drug-likeness (QED) is 0.763. The summed E-state index contributed by atoms with van der Waals surface area (Å²) < 4.78 is 0. The van der Waals surface area contributed by atoms with E-state index in [1.165, 1.54) is 11.8 Å². The molecule has 1 fully saturated rings. The molecule has 2 aromatic carbocycles. The van der Waals surface area contributed by atoms with Gasteiger partial charge in [-0.15, -0.1) is 11.8 Å². The second kappa shape index (κ2) is 8.29. The van der Waals surface area contributed by atoms with Crippen molar-refractivity contribution in [1.82, 2.24) is 4.90 Å². The summed E-state index contributed by atoms with van der Waals surface area (Å²) in [5, 5.41) is 5.01. The van der Waals surface area contributed by atoms with Crippen molar-refractivity contribution < 1.29 is 14.4 Å². The molecule has 1 saturated heterocycles. The van der Waals surface area contributed by atoms with Gasteiger partial charge in [0.05, 0.1) is 5.69 Å². The Morgan fingerprint density at radius 1 is 1.10 bits per heavy atom. The Morgan fingerprint density at radius 2 is 1.86 bits per heavy atom. The Bertz CT molecular complexity index is 954. The summed E-state index contributed by atoms with van der Waals surface area (Å²) in [5.41, 5.74) is 2.63. The summed E-state index contributed by atoms with van der Waals surface area (Å²) >= 11 is 1.29. The van der Waals surface area contributed by atoms with Crippen LogP contribution in [-0.2, 0) is 14.4 Å². The average Bonchev–Trinajstić information content (AvgIpc) is 2.73. The molecule has 4 rings (SSSR count). The molecule has 0 spiro atoms. The molecule has 0 bridgehead atoms. The minimum atomic E-state index is -0.775. The molecule has 2 N–H and O–H groups in total. The molecule has 0 unspecified atom stereocenters. The fraction of sp³-hybridized carbons (Fsp3) is 0.318. The van der Waals surface area contributed by atoms with Crippen molar-refractivity contribution >= 4 is 40.9 Å². The second-order valence-electron chi connectivity index (χ2n) is 7.44. The molecule has 0 radical (unpaired) electrons. The van der Waals surface area contributed by atoms with Crippen LogP contribution in [0, 0.1) is 12.8 Å². The first-order valence-corrected chi connectivity index (χ1v) is 10.6. The smallest absolute Gasteiger partial charge is 0.247 e. The molecule has 0 saturated carbocycles. The highest BCUT2D eigenvalue weighted by Crippen LogP contribution is 2.36. The molecular formula is C22H23N3O3S. The Balaban J connectivity index is 1.34. The highest BCUT2D eigenvalue weighted by atomic mass is 32.2. The van der Waals surface area contributed by atoms with Crippen molar-refractivity contribution in [2.45, 2.75) is 29.9 Å². The zero-order valence-corrected chi connectivity index (χ0v) is 17.0. The number of nitrogens with zero attached hydrogens (tertiary/aromatic N) is 1. The lowest BCUT2D eigenvalue weighted by Crippen LogP contribution is -2.48. The standard InChI is InChI=1S/C22H23N3O3S/c1-14-5-4-6-16(13-14)23-20(26)15-9-11-25(12-10-15)22(28)19-21(27)24-17-7-2-3-8-18(17)29-19/h2-8,13,15,19H,9-12H2,1H3,(H,23,26)(H,24,27)/t19-/m1/s1. The number of rotatable bonds is 3. The van der Waals surface area contributed by atoms with Gasteiger partial charge in [-0.1, -0.05) is 24.3 Å². The van der Waals surface area contributed by atoms with E-state index in [0.717, 1.165) is 21.8 Å². The van der Waals surface area contributed by atoms with Crippen molar-refractivity contribution in [1.29, 1.82) is 0 Å². The van der Waals surface area contributed by atoms with Crippen LogP contribution in [0.2, 0.25) is 0 Å². The molecule has 3 amide bonds. The number of carbonyl (C=O) groups excluding carboxylic acids is 3. The van der Waals surface area contributed by atoms with Gasteiger partial charge >= 0.3 is 0 Å². The number of hydrogen-bond acceptors (Lipinski definition) is 4. The molecule has 29 heavy (non-hydrogen) atoms. The number of piperidine rings is 1. The summed E-state index contributed by atoms with van der Waals surface area (Å²) in [4.78, 5) is 40.5. The molecule has 2 aromatic rings. The van der Waals surface area contributed by atoms with E-state index in [1.807, 2.05) is 55.5 Å². The lowest BCUT2D eigenvalue weighted by Gasteiger charge is -2.34. The van der Waals surface area contributed by atoms with Crippen molar-refractivity contribution in [3.63, 3.8) is 0 Å². The number of nitrogens with one attached hydrogen (secondary N) is 2. The number of benzene rings is 2. The number of aryl methyl sites for hydroxylation is 1. The van der Waals surface area contributed by atoms with E-state index in [2.05, 4.69) is 10.6 Å². The molecule has 6 nitrogen and oxygen atoms in total. The zero-order valence-electron chi connectivity index (χ0n) is 16.2. The first kappa shape index (κ1) is 19.5. The Kier molecular flexibility index (Phi) is 5.58. The molecule has 2 heterocycles. The van der Waals surface area contributed by atoms with E-state index < -0.39 is 5.25 Å². The van der Waals surface area contributed by atoms with Crippen molar-refractivity contribution in [2.24, 2.45) is 5.92 Å². The fourth-order valence-electron chi connectivity index (χ4n) is 3.71. The summed E-state index contributed by atoms with van der Waals surface area (Å²) in [6.45, 7) is 2.95. The number of thioether (sulfide) groups is 1. The van der Waals surface area contributed by atoms with Crippen molar-refractivity contribution in [3.8, 4) is 0 Å². The van der Waals surface area contributed by atoms with Crippen LogP contribution in [0.5, 0.6) is 0 Å². The summed E-state index contributed by atoms with van der Waals surface area (Å²) in [5.74, 6) is -0.605. The molecule has 150 valence electrons. The molecule has 2 aliphatic heterocycles. The Hall–Kier alpha value is -2.80. The SMILES string of the molecule is Cc1cccc(NC(=O)C2CCN(C(=O)[C@@H]3Sc4ccccc4NC3=O)CC2)c1. The van der Waals surface area contributed by atoms with E-state index in [1.54, 1.807) is 4.90 Å². The third kappa shape index (κ3) is 4.29. The largest absolute Gasteiger partial charge is 0.341 e. The Morgan fingerprint density at radius 3 is 2.62 bits per heavy atom. The van der Waals surface area contributed by atoms with E-state index in [0.29, 0.717) is 25.9 Å². The maximum atomic E-state index is 12.9. The summed E-state index contributed by atoms with van der Waals surface area (Å²) in [6.07, 6.45) is 1.19. The van der Waals surface area contributed by atoms with Crippen molar-refractivity contribution in [2.75, 3.05) is 23.7 Å².